The number of carbonyl (C=O) groups excluding carboxylic acids is 1. The number of nitriles is 1. The van der Waals surface area contributed by atoms with Gasteiger partial charge in [-0.2, -0.15) is 5.26 Å². The highest BCUT2D eigenvalue weighted by atomic mass is 16.5. The van der Waals surface area contributed by atoms with Gasteiger partial charge in [0.25, 0.3) is 0 Å². The van der Waals surface area contributed by atoms with Crippen molar-refractivity contribution in [2.24, 2.45) is 0 Å². The van der Waals surface area contributed by atoms with Gasteiger partial charge < -0.3 is 14.1 Å². The monoisotopic (exact) mass is 547 g/mol. The number of nitrogens with zero attached hydrogens (tertiary/aromatic N) is 3. The van der Waals surface area contributed by atoms with Gasteiger partial charge in [-0.05, 0) is 34.7 Å². The zero-order valence-corrected chi connectivity index (χ0v) is 23.2. The standard InChI is InChI=1S/C34H33N3O4/c1-2-30(26-8-4-3-5-9-26)34(39)37-18-16-36(17-19-37)22-29-20-32(38)33(24-40-29)41-23-25-12-14-27(15-13-25)31-11-7-6-10-28(31)21-35/h3-15,20,24,30H,2,16-19,22-23H2,1H3/t30-/m0/s1. The molecule has 1 saturated heterocycles. The van der Waals surface area contributed by atoms with Crippen molar-refractivity contribution >= 4 is 5.91 Å². The SMILES string of the molecule is CC[C@H](C(=O)N1CCN(Cc2cc(=O)c(OCc3ccc(-c4ccccc4C#N)cc3)co2)CC1)c1ccccc1. The van der Waals surface area contributed by atoms with Crippen molar-refractivity contribution in [2.75, 3.05) is 26.2 Å². The number of rotatable bonds is 9. The van der Waals surface area contributed by atoms with Crippen LogP contribution in [0.15, 0.2) is 100 Å². The minimum absolute atomic E-state index is 0.119. The van der Waals surface area contributed by atoms with Crippen LogP contribution in [0.25, 0.3) is 11.1 Å². The smallest absolute Gasteiger partial charge is 0.230 e. The maximum atomic E-state index is 13.2. The quantitative estimate of drug-likeness (QED) is 0.271. The van der Waals surface area contributed by atoms with Crippen LogP contribution in [0.2, 0.25) is 0 Å². The zero-order chi connectivity index (χ0) is 28.6. The average molecular weight is 548 g/mol. The summed E-state index contributed by atoms with van der Waals surface area (Å²) in [6.45, 7) is 5.50. The highest BCUT2D eigenvalue weighted by Gasteiger charge is 2.27. The van der Waals surface area contributed by atoms with Gasteiger partial charge in [0.05, 0.1) is 24.1 Å². The molecular weight excluding hydrogens is 514 g/mol. The van der Waals surface area contributed by atoms with Gasteiger partial charge in [-0.1, -0.05) is 79.7 Å². The Morgan fingerprint density at radius 3 is 2.37 bits per heavy atom. The number of hydrogen-bond acceptors (Lipinski definition) is 6. The molecule has 208 valence electrons. The third kappa shape index (κ3) is 6.74. The fourth-order valence-electron chi connectivity index (χ4n) is 5.21. The second kappa shape index (κ2) is 13.1. The third-order valence-electron chi connectivity index (χ3n) is 7.53. The number of amides is 1. The molecule has 1 aliphatic rings. The van der Waals surface area contributed by atoms with E-state index in [0.717, 1.165) is 28.7 Å². The summed E-state index contributed by atoms with van der Waals surface area (Å²) in [6.07, 6.45) is 2.14. The summed E-state index contributed by atoms with van der Waals surface area (Å²) in [7, 11) is 0. The summed E-state index contributed by atoms with van der Waals surface area (Å²) in [5.41, 5.74) is 4.18. The molecule has 1 atom stereocenters. The number of carbonyl (C=O) groups is 1. The Kier molecular flexibility index (Phi) is 8.92. The molecule has 1 fully saturated rings. The molecule has 0 saturated carbocycles. The Morgan fingerprint density at radius 2 is 1.68 bits per heavy atom. The maximum absolute atomic E-state index is 13.2. The van der Waals surface area contributed by atoms with E-state index in [0.29, 0.717) is 44.0 Å². The Hall–Kier alpha value is -4.67. The molecule has 5 rings (SSSR count). The summed E-state index contributed by atoms with van der Waals surface area (Å²) in [5.74, 6) is 0.785. The van der Waals surface area contributed by atoms with Crippen LogP contribution in [-0.4, -0.2) is 41.9 Å². The number of ether oxygens (including phenoxy) is 1. The first kappa shape index (κ1) is 27.9. The summed E-state index contributed by atoms with van der Waals surface area (Å²) >= 11 is 0. The van der Waals surface area contributed by atoms with Crippen molar-refractivity contribution in [3.05, 3.63) is 124 Å². The van der Waals surface area contributed by atoms with Crippen molar-refractivity contribution in [1.29, 1.82) is 5.26 Å². The van der Waals surface area contributed by atoms with Crippen LogP contribution < -0.4 is 10.2 Å². The van der Waals surface area contributed by atoms with E-state index in [4.69, 9.17) is 9.15 Å². The van der Waals surface area contributed by atoms with E-state index in [9.17, 15) is 14.9 Å². The molecule has 0 unspecified atom stereocenters. The van der Waals surface area contributed by atoms with E-state index in [1.54, 1.807) is 6.07 Å². The highest BCUT2D eigenvalue weighted by molar-refractivity contribution is 5.83. The molecule has 1 amide bonds. The molecule has 2 heterocycles. The van der Waals surface area contributed by atoms with E-state index in [2.05, 4.69) is 17.9 Å². The van der Waals surface area contributed by atoms with Crippen LogP contribution in [0.1, 0.15) is 41.7 Å². The second-order valence-corrected chi connectivity index (χ2v) is 10.2. The number of hydrogen-bond donors (Lipinski definition) is 0. The van der Waals surface area contributed by atoms with E-state index in [-0.39, 0.29) is 29.6 Å². The summed E-state index contributed by atoms with van der Waals surface area (Å²) in [6, 6.07) is 28.9. The number of benzene rings is 3. The molecule has 7 nitrogen and oxygen atoms in total. The van der Waals surface area contributed by atoms with E-state index in [1.165, 1.54) is 12.3 Å². The molecule has 7 heteroatoms. The van der Waals surface area contributed by atoms with Crippen LogP contribution >= 0.6 is 0 Å². The predicted octanol–water partition coefficient (Wildman–Crippen LogP) is 5.60. The normalized spacial score (nSPS) is 14.3. The van der Waals surface area contributed by atoms with Crippen molar-refractivity contribution < 1.29 is 13.9 Å². The van der Waals surface area contributed by atoms with Crippen molar-refractivity contribution in [3.63, 3.8) is 0 Å². The van der Waals surface area contributed by atoms with Gasteiger partial charge in [-0.3, -0.25) is 14.5 Å². The van der Waals surface area contributed by atoms with Crippen molar-refractivity contribution in [2.45, 2.75) is 32.4 Å². The topological polar surface area (TPSA) is 86.8 Å². The van der Waals surface area contributed by atoms with Gasteiger partial charge in [0.15, 0.2) is 0 Å². The molecule has 1 aromatic heterocycles. The van der Waals surface area contributed by atoms with E-state index < -0.39 is 0 Å². The summed E-state index contributed by atoms with van der Waals surface area (Å²) in [5, 5.41) is 9.35. The predicted molar refractivity (Wildman–Crippen MR) is 157 cm³/mol. The van der Waals surface area contributed by atoms with E-state index >= 15 is 0 Å². The van der Waals surface area contributed by atoms with Gasteiger partial charge in [0.1, 0.15) is 18.6 Å². The molecule has 0 N–H and O–H groups in total. The molecule has 0 radical (unpaired) electrons. The maximum Gasteiger partial charge on any atom is 0.230 e. The first-order valence-electron chi connectivity index (χ1n) is 13.9. The minimum Gasteiger partial charge on any atom is -0.482 e. The number of piperazine rings is 1. The lowest BCUT2D eigenvalue weighted by atomic mass is 9.95. The molecule has 41 heavy (non-hydrogen) atoms. The fourth-order valence-corrected chi connectivity index (χ4v) is 5.21. The fraction of sp³-hybridized carbons (Fsp3) is 0.265. The highest BCUT2D eigenvalue weighted by Crippen LogP contribution is 2.25. The molecule has 0 bridgehead atoms. The van der Waals surface area contributed by atoms with Crippen LogP contribution in [-0.2, 0) is 17.9 Å². The van der Waals surface area contributed by atoms with Gasteiger partial charge in [-0.15, -0.1) is 0 Å². The Morgan fingerprint density at radius 1 is 0.976 bits per heavy atom. The Balaban J connectivity index is 1.12. The van der Waals surface area contributed by atoms with Gasteiger partial charge >= 0.3 is 0 Å². The van der Waals surface area contributed by atoms with E-state index in [1.807, 2.05) is 77.7 Å². The van der Waals surface area contributed by atoms with Crippen molar-refractivity contribution in [1.82, 2.24) is 9.80 Å². The third-order valence-corrected chi connectivity index (χ3v) is 7.53. The lowest BCUT2D eigenvalue weighted by Gasteiger charge is -2.36. The Bertz CT molecular complexity index is 1570. The first-order valence-corrected chi connectivity index (χ1v) is 13.9. The van der Waals surface area contributed by atoms with Crippen LogP contribution in [0.3, 0.4) is 0 Å². The average Bonchev–Trinajstić information content (AvgIpc) is 3.02. The first-order chi connectivity index (χ1) is 20.1. The van der Waals surface area contributed by atoms with Crippen LogP contribution in [0.5, 0.6) is 5.75 Å². The summed E-state index contributed by atoms with van der Waals surface area (Å²) < 4.78 is 11.5. The van der Waals surface area contributed by atoms with Crippen LogP contribution in [0.4, 0.5) is 0 Å². The van der Waals surface area contributed by atoms with Crippen LogP contribution in [0, 0.1) is 11.3 Å². The van der Waals surface area contributed by atoms with Gasteiger partial charge in [0.2, 0.25) is 17.1 Å². The largest absolute Gasteiger partial charge is 0.482 e. The zero-order valence-electron chi connectivity index (χ0n) is 23.2. The molecular formula is C34H33N3O4. The minimum atomic E-state index is -0.228. The molecule has 0 aliphatic carbocycles. The summed E-state index contributed by atoms with van der Waals surface area (Å²) in [4.78, 5) is 30.0. The Labute approximate surface area is 240 Å². The molecule has 0 spiro atoms. The molecule has 3 aromatic carbocycles. The lowest BCUT2D eigenvalue weighted by Crippen LogP contribution is -2.49. The lowest BCUT2D eigenvalue weighted by molar-refractivity contribution is -0.134. The van der Waals surface area contributed by atoms with Gasteiger partial charge in [0, 0.05) is 32.2 Å². The molecule has 1 aliphatic heterocycles. The van der Waals surface area contributed by atoms with Crippen molar-refractivity contribution in [3.8, 4) is 22.9 Å². The second-order valence-electron chi connectivity index (χ2n) is 10.2. The van der Waals surface area contributed by atoms with Gasteiger partial charge in [-0.25, -0.2) is 0 Å². The molecule has 4 aromatic rings.